The summed E-state index contributed by atoms with van der Waals surface area (Å²) in [6.45, 7) is 2.66. The van der Waals surface area contributed by atoms with Crippen molar-refractivity contribution in [1.82, 2.24) is 10.3 Å². The number of halogens is 1. The van der Waals surface area contributed by atoms with Crippen LogP contribution >= 0.6 is 22.9 Å². The van der Waals surface area contributed by atoms with Crippen molar-refractivity contribution >= 4 is 22.9 Å². The lowest BCUT2D eigenvalue weighted by Crippen LogP contribution is -2.22. The van der Waals surface area contributed by atoms with Crippen molar-refractivity contribution in [2.75, 3.05) is 13.2 Å². The SMILES string of the molecule is Clc1ccc(OCCc2nc3c(s2)CNCC3)cc1. The Morgan fingerprint density at radius 2 is 2.16 bits per heavy atom. The molecule has 0 unspecified atom stereocenters. The standard InChI is InChI=1S/C14H15ClN2OS/c15-10-1-3-11(4-2-10)18-8-6-14-17-12-5-7-16-9-13(12)19-14/h1-4,16H,5-9H2. The number of hydrogen-bond acceptors (Lipinski definition) is 4. The lowest BCUT2D eigenvalue weighted by atomic mass is 10.2. The summed E-state index contributed by atoms with van der Waals surface area (Å²) < 4.78 is 5.69. The highest BCUT2D eigenvalue weighted by Gasteiger charge is 2.14. The molecule has 3 rings (SSSR count). The molecule has 0 saturated carbocycles. The van der Waals surface area contributed by atoms with Crippen molar-refractivity contribution in [1.29, 1.82) is 0 Å². The molecule has 0 spiro atoms. The van der Waals surface area contributed by atoms with E-state index in [0.29, 0.717) is 6.61 Å². The second kappa shape index (κ2) is 5.90. The molecule has 1 aliphatic rings. The number of aromatic nitrogens is 1. The van der Waals surface area contributed by atoms with Crippen LogP contribution < -0.4 is 10.1 Å². The second-order valence-electron chi connectivity index (χ2n) is 4.46. The average Bonchev–Trinajstić information content (AvgIpc) is 2.83. The highest BCUT2D eigenvalue weighted by Crippen LogP contribution is 2.22. The minimum Gasteiger partial charge on any atom is -0.493 e. The van der Waals surface area contributed by atoms with E-state index in [-0.39, 0.29) is 0 Å². The molecule has 19 heavy (non-hydrogen) atoms. The van der Waals surface area contributed by atoms with Crippen molar-refractivity contribution in [3.05, 3.63) is 44.9 Å². The van der Waals surface area contributed by atoms with E-state index in [2.05, 4.69) is 10.3 Å². The first kappa shape index (κ1) is 12.9. The Kier molecular flexibility index (Phi) is 4.01. The molecule has 1 N–H and O–H groups in total. The Morgan fingerprint density at radius 1 is 1.32 bits per heavy atom. The number of nitrogens with zero attached hydrogens (tertiary/aromatic N) is 1. The summed E-state index contributed by atoms with van der Waals surface area (Å²) in [5.74, 6) is 0.854. The number of rotatable bonds is 4. The van der Waals surface area contributed by atoms with Crippen LogP contribution in [0, 0.1) is 0 Å². The molecule has 1 aromatic heterocycles. The Bertz CT molecular complexity index is 530. The van der Waals surface area contributed by atoms with Crippen LogP contribution in [0.3, 0.4) is 0 Å². The number of thiazole rings is 1. The van der Waals surface area contributed by atoms with Gasteiger partial charge < -0.3 is 10.1 Å². The van der Waals surface area contributed by atoms with Crippen molar-refractivity contribution in [3.8, 4) is 5.75 Å². The smallest absolute Gasteiger partial charge is 0.119 e. The predicted molar refractivity (Wildman–Crippen MR) is 78.2 cm³/mol. The van der Waals surface area contributed by atoms with Crippen molar-refractivity contribution in [3.63, 3.8) is 0 Å². The number of benzene rings is 1. The first-order valence-corrected chi connectivity index (χ1v) is 7.57. The molecule has 100 valence electrons. The molecule has 2 heterocycles. The normalized spacial score (nSPS) is 14.2. The van der Waals surface area contributed by atoms with Crippen molar-refractivity contribution < 1.29 is 4.74 Å². The predicted octanol–water partition coefficient (Wildman–Crippen LogP) is 3.06. The molecule has 0 saturated heterocycles. The maximum absolute atomic E-state index is 5.83. The van der Waals surface area contributed by atoms with E-state index in [1.807, 2.05) is 24.3 Å². The summed E-state index contributed by atoms with van der Waals surface area (Å²) in [7, 11) is 0. The van der Waals surface area contributed by atoms with Crippen LogP contribution in [0.1, 0.15) is 15.6 Å². The largest absolute Gasteiger partial charge is 0.493 e. The van der Waals surface area contributed by atoms with Gasteiger partial charge >= 0.3 is 0 Å². The van der Waals surface area contributed by atoms with Crippen LogP contribution in [0.5, 0.6) is 5.75 Å². The second-order valence-corrected chi connectivity index (χ2v) is 6.06. The number of nitrogens with one attached hydrogen (secondary N) is 1. The molecule has 0 aliphatic carbocycles. The van der Waals surface area contributed by atoms with Gasteiger partial charge in [0.15, 0.2) is 0 Å². The van der Waals surface area contributed by atoms with Gasteiger partial charge in [0, 0.05) is 35.8 Å². The maximum atomic E-state index is 5.83. The Labute approximate surface area is 121 Å². The molecule has 0 bridgehead atoms. The molecule has 1 aliphatic heterocycles. The zero-order valence-corrected chi connectivity index (χ0v) is 12.1. The zero-order valence-electron chi connectivity index (χ0n) is 10.5. The average molecular weight is 295 g/mol. The van der Waals surface area contributed by atoms with Gasteiger partial charge in [0.1, 0.15) is 5.75 Å². The lowest BCUT2D eigenvalue weighted by Gasteiger charge is -2.09. The van der Waals surface area contributed by atoms with E-state index in [1.165, 1.54) is 15.6 Å². The van der Waals surface area contributed by atoms with Gasteiger partial charge in [-0.15, -0.1) is 11.3 Å². The summed E-state index contributed by atoms with van der Waals surface area (Å²) in [4.78, 5) is 6.06. The van der Waals surface area contributed by atoms with Gasteiger partial charge in [-0.05, 0) is 24.3 Å². The third-order valence-corrected chi connectivity index (χ3v) is 4.45. The fourth-order valence-corrected chi connectivity index (χ4v) is 3.26. The highest BCUT2D eigenvalue weighted by molar-refractivity contribution is 7.11. The molecule has 0 atom stereocenters. The fourth-order valence-electron chi connectivity index (χ4n) is 2.07. The molecule has 0 amide bonds. The van der Waals surface area contributed by atoms with Gasteiger partial charge in [-0.2, -0.15) is 0 Å². The third kappa shape index (κ3) is 3.26. The first-order chi connectivity index (χ1) is 9.31. The minimum absolute atomic E-state index is 0.654. The van der Waals surface area contributed by atoms with Gasteiger partial charge in [0.25, 0.3) is 0 Å². The summed E-state index contributed by atoms with van der Waals surface area (Å²) in [5, 5.41) is 5.27. The van der Waals surface area contributed by atoms with Gasteiger partial charge in [0.05, 0.1) is 17.3 Å². The fraction of sp³-hybridized carbons (Fsp3) is 0.357. The summed E-state index contributed by atoms with van der Waals surface area (Å²) >= 11 is 7.63. The van der Waals surface area contributed by atoms with E-state index in [1.54, 1.807) is 11.3 Å². The number of ether oxygens (including phenoxy) is 1. The molecular formula is C14H15ClN2OS. The number of hydrogen-bond donors (Lipinski definition) is 1. The van der Waals surface area contributed by atoms with Crippen LogP contribution in [0.25, 0.3) is 0 Å². The van der Waals surface area contributed by atoms with E-state index in [4.69, 9.17) is 16.3 Å². The van der Waals surface area contributed by atoms with Crippen LogP contribution in [-0.2, 0) is 19.4 Å². The van der Waals surface area contributed by atoms with Crippen LogP contribution in [0.4, 0.5) is 0 Å². The van der Waals surface area contributed by atoms with Gasteiger partial charge in [-0.3, -0.25) is 0 Å². The van der Waals surface area contributed by atoms with E-state index >= 15 is 0 Å². The Balaban J connectivity index is 1.54. The molecule has 1 aromatic carbocycles. The summed E-state index contributed by atoms with van der Waals surface area (Å²) in [5.41, 5.74) is 1.27. The maximum Gasteiger partial charge on any atom is 0.119 e. The van der Waals surface area contributed by atoms with Crippen LogP contribution in [0.15, 0.2) is 24.3 Å². The van der Waals surface area contributed by atoms with Crippen LogP contribution in [0.2, 0.25) is 5.02 Å². The summed E-state index contributed by atoms with van der Waals surface area (Å²) in [6.07, 6.45) is 1.91. The Morgan fingerprint density at radius 3 is 2.95 bits per heavy atom. The molecular weight excluding hydrogens is 280 g/mol. The first-order valence-electron chi connectivity index (χ1n) is 6.38. The monoisotopic (exact) mass is 294 g/mol. The minimum atomic E-state index is 0.654. The molecule has 0 radical (unpaired) electrons. The Hall–Kier alpha value is -1.10. The lowest BCUT2D eigenvalue weighted by molar-refractivity contribution is 0.321. The third-order valence-electron chi connectivity index (χ3n) is 3.04. The topological polar surface area (TPSA) is 34.1 Å². The van der Waals surface area contributed by atoms with Crippen molar-refractivity contribution in [2.45, 2.75) is 19.4 Å². The quantitative estimate of drug-likeness (QED) is 0.941. The van der Waals surface area contributed by atoms with Crippen molar-refractivity contribution in [2.24, 2.45) is 0 Å². The summed E-state index contributed by atoms with van der Waals surface area (Å²) in [6, 6.07) is 7.45. The van der Waals surface area contributed by atoms with E-state index < -0.39 is 0 Å². The zero-order chi connectivity index (χ0) is 13.1. The van der Waals surface area contributed by atoms with E-state index in [9.17, 15) is 0 Å². The highest BCUT2D eigenvalue weighted by atomic mass is 35.5. The molecule has 2 aromatic rings. The number of fused-ring (bicyclic) bond motifs is 1. The van der Waals surface area contributed by atoms with Gasteiger partial charge in [-0.25, -0.2) is 4.98 Å². The molecule has 3 nitrogen and oxygen atoms in total. The molecule has 0 fully saturated rings. The van der Waals surface area contributed by atoms with Gasteiger partial charge in [0.2, 0.25) is 0 Å². The van der Waals surface area contributed by atoms with Gasteiger partial charge in [-0.1, -0.05) is 11.6 Å². The molecule has 5 heteroatoms. The van der Waals surface area contributed by atoms with E-state index in [0.717, 1.165) is 36.7 Å². The van der Waals surface area contributed by atoms with Crippen LogP contribution in [-0.4, -0.2) is 18.1 Å².